The Labute approximate surface area is 137 Å². The normalized spacial score (nSPS) is 19.7. The van der Waals surface area contributed by atoms with E-state index in [2.05, 4.69) is 68.0 Å². The molecule has 0 bridgehead atoms. The molecular formula is C18H32N2OSi. The van der Waals surface area contributed by atoms with Gasteiger partial charge in [0, 0.05) is 32.2 Å². The highest BCUT2D eigenvalue weighted by atomic mass is 28.4. The highest BCUT2D eigenvalue weighted by molar-refractivity contribution is 6.70. The molecule has 1 aromatic carbocycles. The van der Waals surface area contributed by atoms with Crippen LogP contribution in [-0.4, -0.2) is 39.4 Å². The van der Waals surface area contributed by atoms with E-state index >= 15 is 0 Å². The lowest BCUT2D eigenvalue weighted by Gasteiger charge is -2.38. The molecule has 4 heteroatoms. The Hall–Kier alpha value is -0.843. The van der Waals surface area contributed by atoms with Crippen molar-refractivity contribution >= 4 is 8.32 Å². The number of nitrogens with one attached hydrogen (secondary N) is 1. The maximum Gasteiger partial charge on any atom is 0.242 e. The average molecular weight is 321 g/mol. The first-order valence-corrected chi connectivity index (χ1v) is 12.1. The Kier molecular flexibility index (Phi) is 6.06. The lowest BCUT2D eigenvalue weighted by Crippen LogP contribution is -2.46. The Morgan fingerprint density at radius 2 is 1.73 bits per heavy atom. The zero-order valence-electron chi connectivity index (χ0n) is 14.9. The zero-order chi connectivity index (χ0) is 16.2. The first-order valence-electron chi connectivity index (χ1n) is 8.64. The standard InChI is InChI=1S/C18H32N2OSi/c1-6-15(2)18(20-13-11-19-12-14-20)16-7-9-17(10-8-16)21-22(3,4)5/h7-10,15,18-19H,6,11-14H2,1-5H3/t15?,18-/m1/s1. The fourth-order valence-electron chi connectivity index (χ4n) is 3.17. The van der Waals surface area contributed by atoms with E-state index in [1.165, 1.54) is 12.0 Å². The van der Waals surface area contributed by atoms with Gasteiger partial charge in [-0.05, 0) is 43.3 Å². The van der Waals surface area contributed by atoms with E-state index in [0.717, 1.165) is 31.9 Å². The maximum absolute atomic E-state index is 6.08. The third-order valence-corrected chi connectivity index (χ3v) is 5.22. The smallest absolute Gasteiger partial charge is 0.242 e. The summed E-state index contributed by atoms with van der Waals surface area (Å²) in [6, 6.07) is 9.38. The van der Waals surface area contributed by atoms with Gasteiger partial charge in [0.2, 0.25) is 8.32 Å². The maximum atomic E-state index is 6.08. The van der Waals surface area contributed by atoms with Crippen LogP contribution in [0.25, 0.3) is 0 Å². The quantitative estimate of drug-likeness (QED) is 0.805. The first-order chi connectivity index (χ1) is 10.4. The molecule has 22 heavy (non-hydrogen) atoms. The number of piperazine rings is 1. The molecule has 0 aliphatic carbocycles. The summed E-state index contributed by atoms with van der Waals surface area (Å²) in [7, 11) is -1.52. The van der Waals surface area contributed by atoms with E-state index in [4.69, 9.17) is 4.43 Å². The van der Waals surface area contributed by atoms with Crippen molar-refractivity contribution in [2.75, 3.05) is 26.2 Å². The summed E-state index contributed by atoms with van der Waals surface area (Å²) < 4.78 is 6.08. The number of hydrogen-bond donors (Lipinski definition) is 1. The molecule has 0 aromatic heterocycles. The summed E-state index contributed by atoms with van der Waals surface area (Å²) in [4.78, 5) is 2.64. The summed E-state index contributed by atoms with van der Waals surface area (Å²) in [5.74, 6) is 1.69. The van der Waals surface area contributed by atoms with Gasteiger partial charge in [-0.15, -0.1) is 0 Å². The molecule has 0 amide bonds. The predicted octanol–water partition coefficient (Wildman–Crippen LogP) is 3.89. The summed E-state index contributed by atoms with van der Waals surface area (Å²) in [6.07, 6.45) is 1.21. The molecule has 1 fully saturated rings. The molecular weight excluding hydrogens is 288 g/mol. The largest absolute Gasteiger partial charge is 0.544 e. The minimum Gasteiger partial charge on any atom is -0.544 e. The summed E-state index contributed by atoms with van der Waals surface area (Å²) in [5, 5.41) is 3.46. The molecule has 0 radical (unpaired) electrons. The van der Waals surface area contributed by atoms with Gasteiger partial charge in [0.25, 0.3) is 0 Å². The van der Waals surface area contributed by atoms with Crippen molar-refractivity contribution in [1.29, 1.82) is 0 Å². The molecule has 2 atom stereocenters. The molecule has 1 saturated heterocycles. The molecule has 1 heterocycles. The summed E-state index contributed by atoms with van der Waals surface area (Å²) in [5.41, 5.74) is 1.43. The molecule has 1 N–H and O–H groups in total. The van der Waals surface area contributed by atoms with E-state index in [1.54, 1.807) is 0 Å². The first kappa shape index (κ1) is 17.5. The molecule has 124 valence electrons. The second kappa shape index (κ2) is 7.62. The van der Waals surface area contributed by atoms with E-state index in [-0.39, 0.29) is 0 Å². The second-order valence-electron chi connectivity index (χ2n) is 7.40. The molecule has 1 aliphatic rings. The number of hydrogen-bond acceptors (Lipinski definition) is 3. The monoisotopic (exact) mass is 320 g/mol. The minimum absolute atomic E-state index is 0.521. The van der Waals surface area contributed by atoms with Crippen molar-refractivity contribution in [1.82, 2.24) is 10.2 Å². The van der Waals surface area contributed by atoms with Crippen LogP contribution in [0.15, 0.2) is 24.3 Å². The van der Waals surface area contributed by atoms with Crippen LogP contribution in [0.2, 0.25) is 19.6 Å². The molecule has 2 rings (SSSR count). The van der Waals surface area contributed by atoms with Crippen molar-refractivity contribution < 1.29 is 4.43 Å². The van der Waals surface area contributed by atoms with E-state index < -0.39 is 8.32 Å². The van der Waals surface area contributed by atoms with Gasteiger partial charge in [-0.25, -0.2) is 0 Å². The van der Waals surface area contributed by atoms with Gasteiger partial charge in [-0.2, -0.15) is 0 Å². The minimum atomic E-state index is -1.52. The summed E-state index contributed by atoms with van der Waals surface area (Å²) in [6.45, 7) is 15.8. The van der Waals surface area contributed by atoms with Crippen molar-refractivity contribution in [3.05, 3.63) is 29.8 Å². The van der Waals surface area contributed by atoms with Gasteiger partial charge in [0.05, 0.1) is 0 Å². The van der Waals surface area contributed by atoms with Crippen LogP contribution in [0.3, 0.4) is 0 Å². The van der Waals surface area contributed by atoms with Crippen LogP contribution in [0, 0.1) is 5.92 Å². The van der Waals surface area contributed by atoms with Crippen LogP contribution in [0.1, 0.15) is 31.9 Å². The summed E-state index contributed by atoms with van der Waals surface area (Å²) >= 11 is 0. The lowest BCUT2D eigenvalue weighted by atomic mass is 9.90. The highest BCUT2D eigenvalue weighted by Gasteiger charge is 2.26. The number of nitrogens with zero attached hydrogens (tertiary/aromatic N) is 1. The number of benzene rings is 1. The van der Waals surface area contributed by atoms with Gasteiger partial charge in [-0.1, -0.05) is 32.4 Å². The van der Waals surface area contributed by atoms with Crippen LogP contribution in [-0.2, 0) is 0 Å². The van der Waals surface area contributed by atoms with Crippen molar-refractivity contribution in [2.45, 2.75) is 46.0 Å². The van der Waals surface area contributed by atoms with Crippen molar-refractivity contribution in [2.24, 2.45) is 5.92 Å². The van der Waals surface area contributed by atoms with Crippen LogP contribution < -0.4 is 9.74 Å². The Morgan fingerprint density at radius 1 is 1.14 bits per heavy atom. The number of rotatable bonds is 6. The van der Waals surface area contributed by atoms with Gasteiger partial charge < -0.3 is 9.74 Å². The molecule has 0 spiro atoms. The Morgan fingerprint density at radius 3 is 2.23 bits per heavy atom. The van der Waals surface area contributed by atoms with E-state index in [0.29, 0.717) is 12.0 Å². The van der Waals surface area contributed by atoms with Crippen LogP contribution in [0.5, 0.6) is 5.75 Å². The zero-order valence-corrected chi connectivity index (χ0v) is 15.9. The molecule has 1 unspecified atom stereocenters. The van der Waals surface area contributed by atoms with Gasteiger partial charge in [0.1, 0.15) is 5.75 Å². The Balaban J connectivity index is 2.16. The van der Waals surface area contributed by atoms with Crippen LogP contribution >= 0.6 is 0 Å². The molecule has 0 saturated carbocycles. The van der Waals surface area contributed by atoms with Gasteiger partial charge >= 0.3 is 0 Å². The second-order valence-corrected chi connectivity index (χ2v) is 11.8. The third-order valence-electron chi connectivity index (χ3n) is 4.37. The molecule has 1 aromatic rings. The van der Waals surface area contributed by atoms with Crippen LogP contribution in [0.4, 0.5) is 0 Å². The topological polar surface area (TPSA) is 24.5 Å². The van der Waals surface area contributed by atoms with Crippen molar-refractivity contribution in [3.63, 3.8) is 0 Å². The Bertz CT molecular complexity index is 449. The highest BCUT2D eigenvalue weighted by Crippen LogP contribution is 2.32. The SMILES string of the molecule is CCC(C)[C@H](c1ccc(O[Si](C)(C)C)cc1)N1CCNCC1. The third kappa shape index (κ3) is 4.83. The van der Waals surface area contributed by atoms with E-state index in [9.17, 15) is 0 Å². The lowest BCUT2D eigenvalue weighted by molar-refractivity contribution is 0.128. The van der Waals surface area contributed by atoms with Gasteiger partial charge in [0.15, 0.2) is 0 Å². The molecule has 1 aliphatic heterocycles. The van der Waals surface area contributed by atoms with E-state index in [1.807, 2.05) is 0 Å². The fraction of sp³-hybridized carbons (Fsp3) is 0.667. The molecule has 3 nitrogen and oxygen atoms in total. The van der Waals surface area contributed by atoms with Gasteiger partial charge in [-0.3, -0.25) is 4.90 Å². The average Bonchev–Trinajstić information content (AvgIpc) is 2.48. The predicted molar refractivity (Wildman–Crippen MR) is 97.1 cm³/mol. The fourth-order valence-corrected chi connectivity index (χ4v) is 4.01. The van der Waals surface area contributed by atoms with Crippen molar-refractivity contribution in [3.8, 4) is 5.75 Å².